The van der Waals surface area contributed by atoms with Crippen LogP contribution >= 0.6 is 22.6 Å². The number of phenols is 1. The van der Waals surface area contributed by atoms with Crippen molar-refractivity contribution in [2.75, 3.05) is 34.5 Å². The molecule has 1 aromatic rings. The highest BCUT2D eigenvalue weighted by molar-refractivity contribution is 14.1. The number of carbonyl (C=O) groups is 3. The van der Waals surface area contributed by atoms with Crippen LogP contribution in [0.25, 0.3) is 6.08 Å². The second kappa shape index (κ2) is 12.2. The first kappa shape index (κ1) is 28.6. The lowest BCUT2D eigenvalue weighted by Gasteiger charge is -2.31. The molecule has 206 valence electrons. The number of fused-ring (bicyclic) bond motifs is 3. The third-order valence-electron chi connectivity index (χ3n) is 7.62. The Kier molecular flexibility index (Phi) is 9.15. The van der Waals surface area contributed by atoms with E-state index >= 15 is 0 Å². The standard InChI is InChI=1S/C28H34INO8/c1-5-6-15(9-16-10-20(29)25(31)22(11-16)36-3)7-8-21-23-17(13-35-2)12-18-24(19(23)14-38-21)27(33)30(26(18)32)28(34)37-4/h9-11,18-19,21,24,31H,5-8,12-14H2,1-4H3/b15-9+/t18-,19+,21-,24-/m1/s1. The summed E-state index contributed by atoms with van der Waals surface area (Å²) >= 11 is 2.09. The lowest BCUT2D eigenvalue weighted by atomic mass is 9.69. The zero-order chi connectivity index (χ0) is 27.6. The minimum atomic E-state index is -0.936. The van der Waals surface area contributed by atoms with Gasteiger partial charge in [-0.15, -0.1) is 0 Å². The number of amides is 3. The summed E-state index contributed by atoms with van der Waals surface area (Å²) in [5, 5.41) is 10.2. The van der Waals surface area contributed by atoms with E-state index in [9.17, 15) is 19.5 Å². The number of hydrogen-bond donors (Lipinski definition) is 1. The summed E-state index contributed by atoms with van der Waals surface area (Å²) in [6.07, 6.45) is 4.76. The molecule has 0 saturated carbocycles. The molecular formula is C28H34INO8. The molecule has 1 aliphatic carbocycles. The maximum atomic E-state index is 13.2. The van der Waals surface area contributed by atoms with Gasteiger partial charge in [0.2, 0.25) is 11.8 Å². The Morgan fingerprint density at radius 1 is 1.18 bits per heavy atom. The zero-order valence-corrected chi connectivity index (χ0v) is 24.3. The minimum absolute atomic E-state index is 0.131. The Hall–Kier alpha value is -2.44. The largest absolute Gasteiger partial charge is 0.504 e. The van der Waals surface area contributed by atoms with Crippen molar-refractivity contribution >= 4 is 46.6 Å². The Labute approximate surface area is 236 Å². The van der Waals surface area contributed by atoms with E-state index in [1.54, 1.807) is 7.11 Å². The van der Waals surface area contributed by atoms with Crippen LogP contribution in [0.1, 0.15) is 44.6 Å². The van der Waals surface area contributed by atoms with Crippen LogP contribution in [0.15, 0.2) is 28.9 Å². The van der Waals surface area contributed by atoms with E-state index in [1.165, 1.54) is 12.7 Å². The normalized spacial score (nSPS) is 25.1. The van der Waals surface area contributed by atoms with Crippen LogP contribution in [-0.4, -0.2) is 68.6 Å². The van der Waals surface area contributed by atoms with Gasteiger partial charge in [-0.1, -0.05) is 25.0 Å². The van der Waals surface area contributed by atoms with Crippen LogP contribution in [0.3, 0.4) is 0 Å². The van der Waals surface area contributed by atoms with E-state index in [0.717, 1.165) is 49.5 Å². The van der Waals surface area contributed by atoms with Crippen molar-refractivity contribution in [3.05, 3.63) is 38.0 Å². The van der Waals surface area contributed by atoms with E-state index in [1.807, 2.05) is 12.1 Å². The number of hydrogen-bond acceptors (Lipinski definition) is 8. The molecule has 10 heteroatoms. The monoisotopic (exact) mass is 639 g/mol. The summed E-state index contributed by atoms with van der Waals surface area (Å²) in [6, 6.07) is 3.75. The van der Waals surface area contributed by atoms with Gasteiger partial charge in [-0.05, 0) is 77.1 Å². The molecular weight excluding hydrogens is 605 g/mol. The summed E-state index contributed by atoms with van der Waals surface area (Å²) in [7, 11) is 4.31. The van der Waals surface area contributed by atoms with E-state index in [-0.39, 0.29) is 17.8 Å². The van der Waals surface area contributed by atoms with Crippen molar-refractivity contribution < 1.29 is 38.4 Å². The molecule has 1 aromatic carbocycles. The first-order chi connectivity index (χ1) is 18.2. The van der Waals surface area contributed by atoms with E-state index in [4.69, 9.17) is 18.9 Å². The van der Waals surface area contributed by atoms with Crippen molar-refractivity contribution in [3.63, 3.8) is 0 Å². The molecule has 3 amide bonds. The average molecular weight is 639 g/mol. The Morgan fingerprint density at radius 3 is 2.61 bits per heavy atom. The van der Waals surface area contributed by atoms with Crippen molar-refractivity contribution in [2.24, 2.45) is 17.8 Å². The molecule has 4 rings (SSSR count). The molecule has 0 bridgehead atoms. The van der Waals surface area contributed by atoms with E-state index in [0.29, 0.717) is 33.9 Å². The summed E-state index contributed by atoms with van der Waals surface area (Å²) in [5.41, 5.74) is 4.22. The van der Waals surface area contributed by atoms with Crippen molar-refractivity contribution in [1.29, 1.82) is 0 Å². The number of likely N-dealkylation sites (tertiary alicyclic amines) is 1. The topological polar surface area (TPSA) is 112 Å². The lowest BCUT2D eigenvalue weighted by Crippen LogP contribution is -2.38. The SMILES string of the molecule is CCC/C(=C\c1cc(I)c(O)c(OC)c1)CC[C@H]1OC[C@H]2C1=C(COC)C[C@H]1C(=O)N(C(=O)OC)C(=O)[C@H]12. The molecule has 2 heterocycles. The van der Waals surface area contributed by atoms with Crippen molar-refractivity contribution in [1.82, 2.24) is 4.90 Å². The van der Waals surface area contributed by atoms with Crippen molar-refractivity contribution in [2.45, 2.75) is 45.1 Å². The number of methoxy groups -OCH3 is 3. The number of allylic oxidation sites excluding steroid dienone is 1. The van der Waals surface area contributed by atoms with Gasteiger partial charge in [-0.25, -0.2) is 4.79 Å². The lowest BCUT2D eigenvalue weighted by molar-refractivity contribution is -0.137. The van der Waals surface area contributed by atoms with Gasteiger partial charge in [0, 0.05) is 13.0 Å². The van der Waals surface area contributed by atoms with Crippen LogP contribution in [0.4, 0.5) is 4.79 Å². The number of rotatable bonds is 9. The summed E-state index contributed by atoms with van der Waals surface area (Å²) in [5.74, 6) is -1.94. The number of aromatic hydroxyl groups is 1. The molecule has 2 aliphatic heterocycles. The molecule has 3 aliphatic rings. The molecule has 2 saturated heterocycles. The van der Waals surface area contributed by atoms with E-state index in [2.05, 4.69) is 35.6 Å². The van der Waals surface area contributed by atoms with Gasteiger partial charge in [0.15, 0.2) is 11.5 Å². The van der Waals surface area contributed by atoms with Crippen molar-refractivity contribution in [3.8, 4) is 11.5 Å². The predicted molar refractivity (Wildman–Crippen MR) is 147 cm³/mol. The number of benzene rings is 1. The number of nitrogens with zero attached hydrogens (tertiary/aromatic N) is 1. The van der Waals surface area contributed by atoms with Crippen LogP contribution in [0.2, 0.25) is 0 Å². The van der Waals surface area contributed by atoms with Gasteiger partial charge in [0.05, 0.1) is 48.9 Å². The quantitative estimate of drug-likeness (QED) is 0.235. The second-order valence-corrected chi connectivity index (χ2v) is 11.0. The van der Waals surface area contributed by atoms with Gasteiger partial charge in [-0.2, -0.15) is 4.90 Å². The fourth-order valence-corrected chi connectivity index (χ4v) is 6.65. The zero-order valence-electron chi connectivity index (χ0n) is 22.1. The Morgan fingerprint density at radius 2 is 1.95 bits per heavy atom. The van der Waals surface area contributed by atoms with Gasteiger partial charge in [0.1, 0.15) is 0 Å². The summed E-state index contributed by atoms with van der Waals surface area (Å²) in [6.45, 7) is 2.80. The minimum Gasteiger partial charge on any atom is -0.504 e. The molecule has 0 unspecified atom stereocenters. The third kappa shape index (κ3) is 5.35. The third-order valence-corrected chi connectivity index (χ3v) is 8.45. The van der Waals surface area contributed by atoms with Gasteiger partial charge < -0.3 is 24.1 Å². The second-order valence-electron chi connectivity index (χ2n) is 9.88. The van der Waals surface area contributed by atoms with Gasteiger partial charge in [0.25, 0.3) is 0 Å². The number of phenolic OH excluding ortho intramolecular Hbond substituents is 1. The summed E-state index contributed by atoms with van der Waals surface area (Å²) < 4.78 is 22.5. The van der Waals surface area contributed by atoms with Crippen LogP contribution in [-0.2, 0) is 23.8 Å². The van der Waals surface area contributed by atoms with Crippen LogP contribution in [0, 0.1) is 21.3 Å². The number of halogens is 1. The average Bonchev–Trinajstić information content (AvgIpc) is 3.43. The smallest absolute Gasteiger partial charge is 0.423 e. The Balaban J connectivity index is 1.58. The molecule has 9 nitrogen and oxygen atoms in total. The first-order valence-corrected chi connectivity index (χ1v) is 13.9. The molecule has 0 spiro atoms. The van der Waals surface area contributed by atoms with Crippen LogP contribution < -0.4 is 4.74 Å². The highest BCUT2D eigenvalue weighted by atomic mass is 127. The van der Waals surface area contributed by atoms with Gasteiger partial charge in [-0.3, -0.25) is 9.59 Å². The molecule has 4 atom stereocenters. The highest BCUT2D eigenvalue weighted by Gasteiger charge is 2.58. The number of ether oxygens (including phenoxy) is 4. The number of carbonyl (C=O) groups excluding carboxylic acids is 3. The molecule has 0 radical (unpaired) electrons. The summed E-state index contributed by atoms with van der Waals surface area (Å²) in [4.78, 5) is 39.0. The molecule has 2 fully saturated rings. The highest BCUT2D eigenvalue weighted by Crippen LogP contribution is 2.50. The fourth-order valence-electron chi connectivity index (χ4n) is 6.03. The first-order valence-electron chi connectivity index (χ1n) is 12.8. The maximum Gasteiger partial charge on any atom is 0.423 e. The maximum absolute atomic E-state index is 13.2. The predicted octanol–water partition coefficient (Wildman–Crippen LogP) is 4.70. The molecule has 1 N–H and O–H groups in total. The molecule has 38 heavy (non-hydrogen) atoms. The van der Waals surface area contributed by atoms with E-state index < -0.39 is 29.7 Å². The fraction of sp³-hybridized carbons (Fsp3) is 0.536. The molecule has 0 aromatic heterocycles. The van der Waals surface area contributed by atoms with Gasteiger partial charge >= 0.3 is 6.09 Å². The Bertz CT molecular complexity index is 1180. The van der Waals surface area contributed by atoms with Crippen LogP contribution in [0.5, 0.6) is 11.5 Å². The number of imide groups is 3.